The van der Waals surface area contributed by atoms with Crippen LogP contribution >= 0.6 is 0 Å². The average Bonchev–Trinajstić information content (AvgIpc) is 3.79. The lowest BCUT2D eigenvalue weighted by Gasteiger charge is -2.50. The minimum Gasteiger partial charge on any atom is -0.481 e. The number of ether oxygens (including phenoxy) is 7. The van der Waals surface area contributed by atoms with E-state index in [-0.39, 0.29) is 60.6 Å². The molecule has 0 aromatic carbocycles. The van der Waals surface area contributed by atoms with E-state index in [1.165, 1.54) is 6.92 Å². The van der Waals surface area contributed by atoms with Gasteiger partial charge in [0.2, 0.25) is 0 Å². The van der Waals surface area contributed by atoms with Crippen LogP contribution in [0.2, 0.25) is 0 Å². The number of aliphatic carboxylic acids is 2. The number of carbonyl (C=O) groups is 2. The Balaban J connectivity index is 1.17. The molecule has 6 fully saturated rings. The smallest absolute Gasteiger partial charge is 0.309 e. The van der Waals surface area contributed by atoms with Crippen LogP contribution in [0.1, 0.15) is 114 Å². The van der Waals surface area contributed by atoms with E-state index in [1.54, 1.807) is 21.0 Å². The number of rotatable bonds is 9. The molecule has 1 spiro atoms. The minimum atomic E-state index is -1.58. The van der Waals surface area contributed by atoms with Gasteiger partial charge in [-0.2, -0.15) is 0 Å². The number of hydrogen-bond acceptors (Lipinski definition) is 11. The molecular formula is C40H66O13. The van der Waals surface area contributed by atoms with Gasteiger partial charge in [0.15, 0.2) is 11.6 Å². The molecule has 6 heterocycles. The van der Waals surface area contributed by atoms with Gasteiger partial charge >= 0.3 is 11.9 Å². The Morgan fingerprint density at radius 3 is 2.23 bits per heavy atom. The summed E-state index contributed by atoms with van der Waals surface area (Å²) in [5.41, 5.74) is -1.68. The zero-order chi connectivity index (χ0) is 39.0. The molecule has 6 aliphatic heterocycles. The number of aliphatic hydroxyl groups is 2. The first kappa shape index (κ1) is 41.2. The fourth-order valence-corrected chi connectivity index (χ4v) is 11.1. The molecule has 6 rings (SSSR count). The van der Waals surface area contributed by atoms with E-state index in [9.17, 15) is 30.0 Å². The van der Waals surface area contributed by atoms with Crippen molar-refractivity contribution >= 4 is 11.9 Å². The highest BCUT2D eigenvalue weighted by Crippen LogP contribution is 2.57. The van der Waals surface area contributed by atoms with Crippen LogP contribution in [0.3, 0.4) is 0 Å². The van der Waals surface area contributed by atoms with Crippen molar-refractivity contribution < 1.29 is 63.2 Å². The van der Waals surface area contributed by atoms with Gasteiger partial charge in [0.05, 0.1) is 71.9 Å². The van der Waals surface area contributed by atoms with E-state index in [1.807, 2.05) is 13.8 Å². The molecule has 20 unspecified atom stereocenters. The largest absolute Gasteiger partial charge is 0.481 e. The maximum absolute atomic E-state index is 12.7. The van der Waals surface area contributed by atoms with E-state index >= 15 is 0 Å². The molecule has 6 saturated heterocycles. The highest BCUT2D eigenvalue weighted by atomic mass is 16.7. The van der Waals surface area contributed by atoms with Crippen LogP contribution in [0.15, 0.2) is 0 Å². The lowest BCUT2D eigenvalue weighted by Crippen LogP contribution is -2.58. The van der Waals surface area contributed by atoms with E-state index in [4.69, 9.17) is 33.2 Å². The summed E-state index contributed by atoms with van der Waals surface area (Å²) in [5, 5.41) is 42.0. The number of carboxylic acid groups (broad SMARTS) is 2. The van der Waals surface area contributed by atoms with Gasteiger partial charge in [0.1, 0.15) is 6.10 Å². The number of aliphatic hydroxyl groups excluding tert-OH is 1. The van der Waals surface area contributed by atoms with Gasteiger partial charge in [-0.05, 0) is 72.1 Å². The first-order valence-electron chi connectivity index (χ1n) is 20.1. The summed E-state index contributed by atoms with van der Waals surface area (Å²) in [6, 6.07) is 0. The van der Waals surface area contributed by atoms with E-state index in [2.05, 4.69) is 27.7 Å². The lowest BCUT2D eigenvalue weighted by molar-refractivity contribution is -0.353. The Morgan fingerprint density at radius 2 is 1.58 bits per heavy atom. The first-order valence-corrected chi connectivity index (χ1v) is 20.1. The van der Waals surface area contributed by atoms with Crippen LogP contribution in [-0.4, -0.2) is 117 Å². The molecule has 0 bridgehead atoms. The molecule has 6 aliphatic rings. The molecule has 0 aromatic rings. The summed E-state index contributed by atoms with van der Waals surface area (Å²) in [6.07, 6.45) is 0.867. The molecule has 304 valence electrons. The van der Waals surface area contributed by atoms with E-state index in [0.29, 0.717) is 32.1 Å². The van der Waals surface area contributed by atoms with Crippen LogP contribution in [0.4, 0.5) is 0 Å². The predicted molar refractivity (Wildman–Crippen MR) is 191 cm³/mol. The second kappa shape index (κ2) is 14.8. The van der Waals surface area contributed by atoms with Crippen LogP contribution < -0.4 is 0 Å². The van der Waals surface area contributed by atoms with Crippen molar-refractivity contribution in [2.45, 2.75) is 191 Å². The van der Waals surface area contributed by atoms with Gasteiger partial charge in [-0.1, -0.05) is 34.6 Å². The topological polar surface area (TPSA) is 180 Å². The summed E-state index contributed by atoms with van der Waals surface area (Å²) in [7, 11) is 1.72. The highest BCUT2D eigenvalue weighted by molar-refractivity contribution is 5.71. The van der Waals surface area contributed by atoms with Crippen molar-refractivity contribution in [3.05, 3.63) is 0 Å². The molecule has 13 heteroatoms. The molecular weight excluding hydrogens is 688 g/mol. The Bertz CT molecular complexity index is 1340. The Kier molecular flexibility index (Phi) is 11.5. The summed E-state index contributed by atoms with van der Waals surface area (Å²) in [5.74, 6) is -6.70. The first-order chi connectivity index (χ1) is 24.7. The third kappa shape index (κ3) is 7.33. The van der Waals surface area contributed by atoms with Gasteiger partial charge in [-0.3, -0.25) is 9.59 Å². The van der Waals surface area contributed by atoms with Crippen LogP contribution in [-0.2, 0) is 42.7 Å². The van der Waals surface area contributed by atoms with Crippen molar-refractivity contribution in [3.8, 4) is 0 Å². The fraction of sp³-hybridized carbons (Fsp3) is 0.950. The van der Waals surface area contributed by atoms with E-state index < -0.39 is 76.9 Å². The Hall–Kier alpha value is -1.42. The second-order valence-corrected chi connectivity index (χ2v) is 18.4. The zero-order valence-corrected chi connectivity index (χ0v) is 33.4. The summed E-state index contributed by atoms with van der Waals surface area (Å²) in [4.78, 5) is 24.5. The van der Waals surface area contributed by atoms with Gasteiger partial charge in [0, 0.05) is 43.6 Å². The maximum Gasteiger partial charge on any atom is 0.309 e. The third-order valence-corrected chi connectivity index (χ3v) is 14.6. The van der Waals surface area contributed by atoms with Gasteiger partial charge < -0.3 is 53.6 Å². The minimum absolute atomic E-state index is 0.0177. The Labute approximate surface area is 314 Å². The molecule has 0 amide bonds. The van der Waals surface area contributed by atoms with Crippen molar-refractivity contribution in [1.82, 2.24) is 0 Å². The van der Waals surface area contributed by atoms with Crippen LogP contribution in [0, 0.1) is 41.4 Å². The predicted octanol–water partition coefficient (Wildman–Crippen LogP) is 4.77. The van der Waals surface area contributed by atoms with Crippen LogP contribution in [0.5, 0.6) is 0 Å². The van der Waals surface area contributed by atoms with Gasteiger partial charge in [-0.15, -0.1) is 0 Å². The average molecular weight is 755 g/mol. The third-order valence-electron chi connectivity index (χ3n) is 14.6. The Morgan fingerprint density at radius 1 is 0.887 bits per heavy atom. The monoisotopic (exact) mass is 754 g/mol. The molecule has 20 atom stereocenters. The number of carboxylic acids is 2. The van der Waals surface area contributed by atoms with Crippen molar-refractivity contribution in [2.24, 2.45) is 41.4 Å². The van der Waals surface area contributed by atoms with Gasteiger partial charge in [-0.25, -0.2) is 0 Å². The highest BCUT2D eigenvalue weighted by Gasteiger charge is 2.66. The quantitative estimate of drug-likeness (QED) is 0.253. The van der Waals surface area contributed by atoms with Gasteiger partial charge in [0.25, 0.3) is 0 Å². The van der Waals surface area contributed by atoms with Crippen molar-refractivity contribution in [2.75, 3.05) is 7.11 Å². The molecule has 13 nitrogen and oxygen atoms in total. The number of hydrogen-bond donors (Lipinski definition) is 4. The summed E-state index contributed by atoms with van der Waals surface area (Å²) in [6.45, 7) is 17.1. The lowest BCUT2D eigenvalue weighted by atomic mass is 9.78. The molecule has 0 aromatic heterocycles. The summed E-state index contributed by atoms with van der Waals surface area (Å²) >= 11 is 0. The fourth-order valence-electron chi connectivity index (χ4n) is 11.1. The number of methoxy groups -OCH3 is 1. The van der Waals surface area contributed by atoms with Crippen molar-refractivity contribution in [3.63, 3.8) is 0 Å². The summed E-state index contributed by atoms with van der Waals surface area (Å²) < 4.78 is 46.3. The molecule has 53 heavy (non-hydrogen) atoms. The standard InChI is InChI=1S/C40H66O13/c1-19-11-12-25(48-32(19)22(4)35(42)43)15-26-16-28(47-10)23(5)40(50-26)20(2)18-38(8,53-40)30-13-14-37(7,51-30)34-27(36(44)45)17-29(49-34)33-21(3)31(41)24(6)39(9,46)52-33/h19-34,41,46H,11-18H2,1-10H3,(H,42,43)(H,44,45). The maximum atomic E-state index is 12.7. The van der Waals surface area contributed by atoms with Crippen molar-refractivity contribution in [1.29, 1.82) is 0 Å². The SMILES string of the molecule is COC1CC(CC2CCC(C)C(C(C)C(=O)O)O2)OC2(OC(C)(C3CCC(C)(C4OC(C5OC(C)(O)C(C)C(O)C5C)CC4C(=O)O)O3)CC2C)C1C. The molecule has 0 saturated carbocycles. The van der Waals surface area contributed by atoms with Crippen LogP contribution in [0.25, 0.3) is 0 Å². The zero-order valence-electron chi connectivity index (χ0n) is 33.4. The molecule has 0 radical (unpaired) electrons. The second-order valence-electron chi connectivity index (χ2n) is 18.4. The molecule has 4 N–H and O–H groups in total. The molecule has 0 aliphatic carbocycles. The normalized spacial score (nSPS) is 53.9. The van der Waals surface area contributed by atoms with E-state index in [0.717, 1.165) is 12.8 Å².